The number of nitrogens with zero attached hydrogens (tertiary/aromatic N) is 3. The van der Waals surface area contributed by atoms with Crippen molar-refractivity contribution < 1.29 is 9.53 Å². The summed E-state index contributed by atoms with van der Waals surface area (Å²) in [5.74, 6) is 1.07. The number of carbonyl (C=O) groups excluding carboxylic acids is 1. The Hall–Kier alpha value is -2.97. The predicted octanol–water partition coefficient (Wildman–Crippen LogP) is 4.63. The molecule has 6 nitrogen and oxygen atoms in total. The van der Waals surface area contributed by atoms with Gasteiger partial charge < -0.3 is 10.1 Å². The second-order valence-electron chi connectivity index (χ2n) is 5.76. The molecule has 0 fully saturated rings. The largest absolute Gasteiger partial charge is 0.497 e. The molecule has 136 valence electrons. The minimum absolute atomic E-state index is 0.214. The van der Waals surface area contributed by atoms with E-state index < -0.39 is 0 Å². The highest BCUT2D eigenvalue weighted by Crippen LogP contribution is 2.29. The van der Waals surface area contributed by atoms with Crippen LogP contribution in [0, 0.1) is 6.92 Å². The van der Waals surface area contributed by atoms with Gasteiger partial charge in [0, 0.05) is 17.0 Å². The van der Waals surface area contributed by atoms with E-state index in [2.05, 4.69) is 15.4 Å². The highest BCUT2D eigenvalue weighted by molar-refractivity contribution is 7.15. The van der Waals surface area contributed by atoms with Crippen LogP contribution in [0.25, 0.3) is 15.7 Å². The molecule has 0 aliphatic rings. The van der Waals surface area contributed by atoms with E-state index in [1.54, 1.807) is 47.4 Å². The number of methoxy groups -OCH3 is 1. The molecular weight excluding hydrogens is 380 g/mol. The predicted molar refractivity (Wildman–Crippen MR) is 108 cm³/mol. The maximum atomic E-state index is 12.6. The molecule has 0 saturated heterocycles. The molecule has 0 aliphatic heterocycles. The third-order valence-electron chi connectivity index (χ3n) is 3.87. The van der Waals surface area contributed by atoms with E-state index in [1.807, 2.05) is 35.9 Å². The molecule has 0 spiro atoms. The van der Waals surface area contributed by atoms with Crippen LogP contribution >= 0.6 is 22.7 Å². The topological polar surface area (TPSA) is 69.0 Å². The lowest BCUT2D eigenvalue weighted by Gasteiger charge is -2.07. The normalized spacial score (nSPS) is 10.7. The molecule has 0 radical (unpaired) electrons. The molecule has 8 heteroatoms. The molecule has 0 saturated carbocycles. The summed E-state index contributed by atoms with van der Waals surface area (Å²) in [6.07, 6.45) is 0. The molecule has 0 bridgehead atoms. The van der Waals surface area contributed by atoms with Gasteiger partial charge in [0.05, 0.1) is 23.4 Å². The number of nitrogens with one attached hydrogen (secondary N) is 1. The molecule has 4 aromatic rings. The lowest BCUT2D eigenvalue weighted by molar-refractivity contribution is 0.102. The van der Waals surface area contributed by atoms with E-state index in [-0.39, 0.29) is 5.91 Å². The molecule has 1 N–H and O–H groups in total. The number of amides is 1. The molecule has 1 aromatic carbocycles. The van der Waals surface area contributed by atoms with Gasteiger partial charge >= 0.3 is 0 Å². The number of anilines is 1. The van der Waals surface area contributed by atoms with Crippen LogP contribution < -0.4 is 10.1 Å². The SMILES string of the molecule is COc1ccc(C(=O)Nc2cc(C)nn2-c2nc(-c3cccs3)cs2)cc1. The smallest absolute Gasteiger partial charge is 0.256 e. The van der Waals surface area contributed by atoms with Gasteiger partial charge in [-0.3, -0.25) is 4.79 Å². The summed E-state index contributed by atoms with van der Waals surface area (Å²) in [4.78, 5) is 18.4. The Labute approximate surface area is 164 Å². The molecule has 0 aliphatic carbocycles. The summed E-state index contributed by atoms with van der Waals surface area (Å²) in [5.41, 5.74) is 2.25. The molecule has 1 amide bonds. The maximum Gasteiger partial charge on any atom is 0.256 e. The van der Waals surface area contributed by atoms with Crippen LogP contribution in [0.4, 0.5) is 5.82 Å². The third kappa shape index (κ3) is 3.62. The number of thiazole rings is 1. The van der Waals surface area contributed by atoms with E-state index in [0.29, 0.717) is 22.3 Å². The number of ether oxygens (including phenoxy) is 1. The average molecular weight is 396 g/mol. The van der Waals surface area contributed by atoms with Gasteiger partial charge in [-0.2, -0.15) is 9.78 Å². The molecule has 3 heterocycles. The number of benzene rings is 1. The Kier molecular flexibility index (Phi) is 4.74. The van der Waals surface area contributed by atoms with E-state index in [1.165, 1.54) is 11.3 Å². The molecule has 4 rings (SSSR count). The Morgan fingerprint density at radius 2 is 2.00 bits per heavy atom. The molecule has 0 unspecified atom stereocenters. The Bertz CT molecular complexity index is 1070. The average Bonchev–Trinajstić information content (AvgIpc) is 3.42. The van der Waals surface area contributed by atoms with E-state index in [0.717, 1.165) is 16.3 Å². The second-order valence-corrected chi connectivity index (χ2v) is 7.54. The number of hydrogen-bond acceptors (Lipinski definition) is 6. The Morgan fingerprint density at radius 3 is 2.70 bits per heavy atom. The summed E-state index contributed by atoms with van der Waals surface area (Å²) in [7, 11) is 1.59. The molecule has 3 aromatic heterocycles. The fourth-order valence-corrected chi connectivity index (χ4v) is 4.11. The maximum absolute atomic E-state index is 12.6. The van der Waals surface area contributed by atoms with Crippen LogP contribution in [0.2, 0.25) is 0 Å². The Morgan fingerprint density at radius 1 is 1.19 bits per heavy atom. The van der Waals surface area contributed by atoms with Crippen molar-refractivity contribution in [1.82, 2.24) is 14.8 Å². The monoisotopic (exact) mass is 396 g/mol. The van der Waals surface area contributed by atoms with Gasteiger partial charge in [0.25, 0.3) is 5.91 Å². The first-order chi connectivity index (χ1) is 13.1. The lowest BCUT2D eigenvalue weighted by atomic mass is 10.2. The fourth-order valence-electron chi connectivity index (χ4n) is 2.56. The van der Waals surface area contributed by atoms with E-state index in [9.17, 15) is 4.79 Å². The molecule has 27 heavy (non-hydrogen) atoms. The van der Waals surface area contributed by atoms with Crippen LogP contribution in [0.15, 0.2) is 53.2 Å². The standard InChI is InChI=1S/C19H16N4O2S2/c1-12-10-17(21-18(24)13-5-7-14(25-2)8-6-13)23(22-12)19-20-15(11-27-19)16-4-3-9-26-16/h3-11H,1-2H3,(H,21,24). The van der Waals surface area contributed by atoms with Gasteiger partial charge in [-0.15, -0.1) is 22.7 Å². The minimum Gasteiger partial charge on any atom is -0.497 e. The van der Waals surface area contributed by atoms with Crippen molar-refractivity contribution in [1.29, 1.82) is 0 Å². The van der Waals surface area contributed by atoms with Gasteiger partial charge in [0.1, 0.15) is 11.6 Å². The number of hydrogen-bond donors (Lipinski definition) is 1. The van der Waals surface area contributed by atoms with Crippen molar-refractivity contribution in [3.8, 4) is 21.5 Å². The number of aromatic nitrogens is 3. The first-order valence-electron chi connectivity index (χ1n) is 8.16. The first-order valence-corrected chi connectivity index (χ1v) is 9.92. The van der Waals surface area contributed by atoms with Gasteiger partial charge in [-0.05, 0) is 42.6 Å². The fraction of sp³-hybridized carbons (Fsp3) is 0.105. The minimum atomic E-state index is -0.214. The Balaban J connectivity index is 1.60. The van der Waals surface area contributed by atoms with Crippen LogP contribution in [-0.2, 0) is 0 Å². The molecule has 0 atom stereocenters. The van der Waals surface area contributed by atoms with Crippen molar-refractivity contribution in [2.45, 2.75) is 6.92 Å². The number of aryl methyl sites for hydroxylation is 1. The van der Waals surface area contributed by atoms with E-state index in [4.69, 9.17) is 4.74 Å². The van der Waals surface area contributed by atoms with E-state index >= 15 is 0 Å². The third-order valence-corrected chi connectivity index (χ3v) is 5.58. The van der Waals surface area contributed by atoms with Crippen LogP contribution in [0.3, 0.4) is 0 Å². The van der Waals surface area contributed by atoms with Crippen molar-refractivity contribution in [2.24, 2.45) is 0 Å². The quantitative estimate of drug-likeness (QED) is 0.534. The van der Waals surface area contributed by atoms with Crippen LogP contribution in [0.5, 0.6) is 5.75 Å². The second kappa shape index (κ2) is 7.34. The summed E-state index contributed by atoms with van der Waals surface area (Å²) in [5, 5.41) is 12.1. The number of thiophene rings is 1. The van der Waals surface area contributed by atoms with Crippen molar-refractivity contribution in [3.05, 3.63) is 64.5 Å². The highest BCUT2D eigenvalue weighted by atomic mass is 32.1. The first kappa shape index (κ1) is 17.4. The highest BCUT2D eigenvalue weighted by Gasteiger charge is 2.15. The van der Waals surface area contributed by atoms with Crippen LogP contribution in [0.1, 0.15) is 16.1 Å². The summed E-state index contributed by atoms with van der Waals surface area (Å²) < 4.78 is 6.79. The lowest BCUT2D eigenvalue weighted by Crippen LogP contribution is -2.15. The van der Waals surface area contributed by atoms with Crippen molar-refractivity contribution in [3.63, 3.8) is 0 Å². The van der Waals surface area contributed by atoms with Crippen molar-refractivity contribution in [2.75, 3.05) is 12.4 Å². The summed E-state index contributed by atoms with van der Waals surface area (Å²) in [6.45, 7) is 1.88. The number of rotatable bonds is 5. The zero-order chi connectivity index (χ0) is 18.8. The molecular formula is C19H16N4O2S2. The zero-order valence-corrected chi connectivity index (χ0v) is 16.3. The van der Waals surface area contributed by atoms with Gasteiger partial charge in [0.15, 0.2) is 0 Å². The summed E-state index contributed by atoms with van der Waals surface area (Å²) >= 11 is 3.12. The van der Waals surface area contributed by atoms with Gasteiger partial charge in [0.2, 0.25) is 5.13 Å². The zero-order valence-electron chi connectivity index (χ0n) is 14.7. The summed E-state index contributed by atoms with van der Waals surface area (Å²) in [6, 6.07) is 12.8. The van der Waals surface area contributed by atoms with Crippen LogP contribution in [-0.4, -0.2) is 27.8 Å². The van der Waals surface area contributed by atoms with Gasteiger partial charge in [-0.1, -0.05) is 6.07 Å². The number of carbonyl (C=O) groups is 1. The van der Waals surface area contributed by atoms with Crippen molar-refractivity contribution >= 4 is 34.4 Å². The van der Waals surface area contributed by atoms with Gasteiger partial charge in [-0.25, -0.2) is 4.98 Å².